The highest BCUT2D eigenvalue weighted by molar-refractivity contribution is 7.98. The zero-order chi connectivity index (χ0) is 22.9. The Hall–Kier alpha value is -2.16. The molecule has 0 atom stereocenters. The lowest BCUT2D eigenvalue weighted by Crippen LogP contribution is -2.41. The molecule has 2 aromatic rings. The maximum Gasteiger partial charge on any atom is 0.251 e. The summed E-state index contributed by atoms with van der Waals surface area (Å²) in [6, 6.07) is 7.80. The third-order valence-corrected chi connectivity index (χ3v) is 6.73. The van der Waals surface area contributed by atoms with E-state index in [2.05, 4.69) is 40.9 Å². The van der Waals surface area contributed by atoms with E-state index in [1.807, 2.05) is 31.2 Å². The van der Waals surface area contributed by atoms with E-state index < -0.39 is 0 Å². The van der Waals surface area contributed by atoms with E-state index in [1.165, 1.54) is 0 Å². The molecule has 0 saturated carbocycles. The largest absolute Gasteiger partial charge is 0.379 e. The summed E-state index contributed by atoms with van der Waals surface area (Å²) in [6.45, 7) is 15.2. The second kappa shape index (κ2) is 12.2. The number of nitrogens with one attached hydrogen (secondary N) is 1. The molecule has 0 spiro atoms. The third-order valence-electron chi connectivity index (χ3n) is 5.81. The van der Waals surface area contributed by atoms with Gasteiger partial charge < -0.3 is 15.0 Å². The van der Waals surface area contributed by atoms with Gasteiger partial charge in [0.1, 0.15) is 5.82 Å². The molecule has 2 heterocycles. The quantitative estimate of drug-likeness (QED) is 0.434. The second-order valence-electron chi connectivity index (χ2n) is 7.91. The molecule has 32 heavy (non-hydrogen) atoms. The normalized spacial score (nSPS) is 14.4. The Labute approximate surface area is 195 Å². The maximum atomic E-state index is 12.4. The van der Waals surface area contributed by atoms with Crippen LogP contribution < -0.4 is 10.2 Å². The van der Waals surface area contributed by atoms with Gasteiger partial charge in [-0.25, -0.2) is 9.97 Å². The number of amides is 1. The average molecular weight is 458 g/mol. The van der Waals surface area contributed by atoms with E-state index >= 15 is 0 Å². The summed E-state index contributed by atoms with van der Waals surface area (Å²) in [5.41, 5.74) is 3.99. The molecule has 8 heteroatoms. The molecule has 1 saturated heterocycles. The molecular formula is C24H35N5O2S. The molecule has 0 bridgehead atoms. The maximum absolute atomic E-state index is 12.4. The van der Waals surface area contributed by atoms with Crippen LogP contribution in [0.4, 0.5) is 5.82 Å². The minimum atomic E-state index is -0.0289. The molecule has 0 unspecified atom stereocenters. The molecule has 1 aromatic heterocycles. The topological polar surface area (TPSA) is 70.6 Å². The number of carbonyl (C=O) groups excluding carboxylic acids is 1. The predicted octanol–water partition coefficient (Wildman–Crippen LogP) is 3.29. The number of nitrogens with zero attached hydrogens (tertiary/aromatic N) is 4. The van der Waals surface area contributed by atoms with Gasteiger partial charge in [0.2, 0.25) is 0 Å². The van der Waals surface area contributed by atoms with Crippen LogP contribution in [0.15, 0.2) is 29.4 Å². The Morgan fingerprint density at radius 1 is 1.12 bits per heavy atom. The van der Waals surface area contributed by atoms with Crippen LogP contribution in [-0.4, -0.2) is 73.3 Å². The van der Waals surface area contributed by atoms with Gasteiger partial charge in [0.05, 0.1) is 13.2 Å². The van der Waals surface area contributed by atoms with E-state index in [9.17, 15) is 4.79 Å². The summed E-state index contributed by atoms with van der Waals surface area (Å²) in [6.07, 6.45) is 0. The number of thioether (sulfide) groups is 1. The lowest BCUT2D eigenvalue weighted by Gasteiger charge is -2.26. The van der Waals surface area contributed by atoms with Crippen molar-refractivity contribution >= 4 is 23.5 Å². The van der Waals surface area contributed by atoms with Gasteiger partial charge >= 0.3 is 0 Å². The molecule has 1 aliphatic rings. The van der Waals surface area contributed by atoms with Crippen molar-refractivity contribution in [2.45, 2.75) is 38.6 Å². The summed E-state index contributed by atoms with van der Waals surface area (Å²) in [7, 11) is 0. The Bertz CT molecular complexity index is 881. The zero-order valence-corrected chi connectivity index (χ0v) is 20.5. The van der Waals surface area contributed by atoms with Gasteiger partial charge in [-0.15, -0.1) is 0 Å². The molecule has 1 fully saturated rings. The van der Waals surface area contributed by atoms with Crippen LogP contribution in [0.25, 0.3) is 0 Å². The first-order valence-corrected chi connectivity index (χ1v) is 12.4. The molecular weight excluding hydrogens is 422 g/mol. The van der Waals surface area contributed by atoms with Gasteiger partial charge in [0.15, 0.2) is 5.16 Å². The number of carbonyl (C=O) groups is 1. The van der Waals surface area contributed by atoms with Crippen molar-refractivity contribution in [1.82, 2.24) is 20.2 Å². The zero-order valence-electron chi connectivity index (χ0n) is 19.7. The van der Waals surface area contributed by atoms with Crippen molar-refractivity contribution in [3.63, 3.8) is 0 Å². The van der Waals surface area contributed by atoms with Crippen LogP contribution in [-0.2, 0) is 10.5 Å². The van der Waals surface area contributed by atoms with Crippen LogP contribution in [0, 0.1) is 13.8 Å². The fourth-order valence-corrected chi connectivity index (χ4v) is 4.48. The molecule has 1 aromatic carbocycles. The number of aromatic nitrogens is 2. The Balaban J connectivity index is 1.52. The molecule has 1 N–H and O–H groups in total. The van der Waals surface area contributed by atoms with Gasteiger partial charge in [-0.1, -0.05) is 23.9 Å². The van der Waals surface area contributed by atoms with Gasteiger partial charge in [-0.3, -0.25) is 9.69 Å². The van der Waals surface area contributed by atoms with Crippen LogP contribution in [0.2, 0.25) is 0 Å². The van der Waals surface area contributed by atoms with Crippen LogP contribution >= 0.6 is 11.8 Å². The number of ether oxygens (including phenoxy) is 1. The minimum Gasteiger partial charge on any atom is -0.379 e. The highest BCUT2D eigenvalue weighted by Crippen LogP contribution is 2.26. The van der Waals surface area contributed by atoms with E-state index in [-0.39, 0.29) is 5.91 Å². The van der Waals surface area contributed by atoms with Crippen molar-refractivity contribution in [3.8, 4) is 0 Å². The van der Waals surface area contributed by atoms with Crippen LogP contribution in [0.3, 0.4) is 0 Å². The van der Waals surface area contributed by atoms with Crippen molar-refractivity contribution < 1.29 is 9.53 Å². The lowest BCUT2D eigenvalue weighted by molar-refractivity contribution is 0.0383. The number of benzene rings is 1. The SMILES string of the molecule is CCN(CC)c1nc(SCc2ccc(C(=O)NCCN3CCOCC3)cc2)nc(C)c1C. The monoisotopic (exact) mass is 457 g/mol. The molecule has 174 valence electrons. The first kappa shape index (κ1) is 24.5. The molecule has 0 aliphatic carbocycles. The number of morpholine rings is 1. The molecule has 1 amide bonds. The van der Waals surface area contributed by atoms with Crippen LogP contribution in [0.1, 0.15) is 41.0 Å². The van der Waals surface area contributed by atoms with Crippen molar-refractivity contribution in [3.05, 3.63) is 46.6 Å². The summed E-state index contributed by atoms with van der Waals surface area (Å²) in [4.78, 5) is 26.5. The van der Waals surface area contributed by atoms with E-state index in [0.717, 1.165) is 79.5 Å². The van der Waals surface area contributed by atoms with E-state index in [1.54, 1.807) is 11.8 Å². The Morgan fingerprint density at radius 2 is 1.81 bits per heavy atom. The number of hydrogen-bond donors (Lipinski definition) is 1. The van der Waals surface area contributed by atoms with E-state index in [4.69, 9.17) is 9.72 Å². The first-order valence-electron chi connectivity index (χ1n) is 11.4. The summed E-state index contributed by atoms with van der Waals surface area (Å²) in [5.74, 6) is 1.76. The summed E-state index contributed by atoms with van der Waals surface area (Å²) >= 11 is 1.63. The number of aryl methyl sites for hydroxylation is 1. The van der Waals surface area contributed by atoms with Gasteiger partial charge in [0, 0.05) is 61.8 Å². The average Bonchev–Trinajstić information content (AvgIpc) is 2.82. The Morgan fingerprint density at radius 3 is 2.47 bits per heavy atom. The molecule has 7 nitrogen and oxygen atoms in total. The van der Waals surface area contributed by atoms with Gasteiger partial charge in [-0.05, 0) is 45.4 Å². The number of rotatable bonds is 10. The smallest absolute Gasteiger partial charge is 0.251 e. The minimum absolute atomic E-state index is 0.0289. The molecule has 1 aliphatic heterocycles. The summed E-state index contributed by atoms with van der Waals surface area (Å²) in [5, 5.41) is 3.80. The van der Waals surface area contributed by atoms with Crippen molar-refractivity contribution in [1.29, 1.82) is 0 Å². The van der Waals surface area contributed by atoms with Gasteiger partial charge in [-0.2, -0.15) is 0 Å². The van der Waals surface area contributed by atoms with Gasteiger partial charge in [0.25, 0.3) is 5.91 Å². The fourth-order valence-electron chi connectivity index (χ4n) is 3.64. The van der Waals surface area contributed by atoms with Crippen LogP contribution in [0.5, 0.6) is 0 Å². The number of hydrogen-bond acceptors (Lipinski definition) is 7. The fraction of sp³-hybridized carbons (Fsp3) is 0.542. The van der Waals surface area contributed by atoms with Crippen molar-refractivity contribution in [2.75, 3.05) is 57.4 Å². The summed E-state index contributed by atoms with van der Waals surface area (Å²) < 4.78 is 5.35. The third kappa shape index (κ3) is 6.67. The first-order chi connectivity index (χ1) is 15.5. The molecule has 0 radical (unpaired) electrons. The Kier molecular flexibility index (Phi) is 9.32. The standard InChI is InChI=1S/C24H35N5O2S/c1-5-29(6-2)22-18(3)19(4)26-24(27-22)32-17-20-7-9-21(10-8-20)23(30)25-11-12-28-13-15-31-16-14-28/h7-10H,5-6,11-17H2,1-4H3,(H,25,30). The highest BCUT2D eigenvalue weighted by Gasteiger charge is 2.14. The lowest BCUT2D eigenvalue weighted by atomic mass is 10.1. The number of anilines is 1. The highest BCUT2D eigenvalue weighted by atomic mass is 32.2. The van der Waals surface area contributed by atoms with Crippen molar-refractivity contribution in [2.24, 2.45) is 0 Å². The molecule has 3 rings (SSSR count). The van der Waals surface area contributed by atoms with E-state index in [0.29, 0.717) is 12.1 Å². The second-order valence-corrected chi connectivity index (χ2v) is 8.85. The predicted molar refractivity (Wildman–Crippen MR) is 131 cm³/mol.